The molecule has 1 unspecified atom stereocenters. The lowest BCUT2D eigenvalue weighted by Gasteiger charge is -2.18. The average Bonchev–Trinajstić information content (AvgIpc) is 2.62. The number of alkyl halides is 3. The molecule has 1 aromatic carbocycles. The fourth-order valence-corrected chi connectivity index (χ4v) is 2.35. The quantitative estimate of drug-likeness (QED) is 0.753. The van der Waals surface area contributed by atoms with Gasteiger partial charge < -0.3 is 15.4 Å². The van der Waals surface area contributed by atoms with Crippen molar-refractivity contribution in [1.82, 2.24) is 10.3 Å². The van der Waals surface area contributed by atoms with Gasteiger partial charge in [-0.05, 0) is 24.1 Å². The van der Waals surface area contributed by atoms with Crippen molar-refractivity contribution in [3.05, 3.63) is 59.8 Å². The Bertz CT molecular complexity index is 782. The van der Waals surface area contributed by atoms with Crippen LogP contribution in [0, 0.1) is 0 Å². The Morgan fingerprint density at radius 3 is 2.48 bits per heavy atom. The molecule has 0 fully saturated rings. The number of amides is 2. The van der Waals surface area contributed by atoms with Crippen LogP contribution in [0.2, 0.25) is 0 Å². The molecular formula is C18H18F3N3O3. The molecule has 2 rings (SSSR count). The van der Waals surface area contributed by atoms with Crippen molar-refractivity contribution in [2.45, 2.75) is 18.6 Å². The van der Waals surface area contributed by atoms with E-state index in [9.17, 15) is 22.8 Å². The number of benzene rings is 1. The Balaban J connectivity index is 2.00. The van der Waals surface area contributed by atoms with E-state index < -0.39 is 29.6 Å². The van der Waals surface area contributed by atoms with Gasteiger partial charge in [0.05, 0.1) is 18.2 Å². The van der Waals surface area contributed by atoms with Gasteiger partial charge in [-0.3, -0.25) is 9.59 Å². The van der Waals surface area contributed by atoms with Crippen LogP contribution in [-0.4, -0.2) is 36.6 Å². The summed E-state index contributed by atoms with van der Waals surface area (Å²) in [5, 5.41) is 4.57. The molecule has 0 aliphatic carbocycles. The molecule has 1 heterocycles. The van der Waals surface area contributed by atoms with E-state index in [1.807, 2.05) is 30.3 Å². The van der Waals surface area contributed by atoms with E-state index in [2.05, 4.69) is 15.6 Å². The van der Waals surface area contributed by atoms with Crippen LogP contribution in [0.5, 0.6) is 0 Å². The Hall–Kier alpha value is -2.94. The Labute approximate surface area is 153 Å². The summed E-state index contributed by atoms with van der Waals surface area (Å²) >= 11 is 0. The molecular weight excluding hydrogens is 363 g/mol. The summed E-state index contributed by atoms with van der Waals surface area (Å²) < 4.78 is 43.1. The molecule has 2 N–H and O–H groups in total. The van der Waals surface area contributed by atoms with Crippen molar-refractivity contribution >= 4 is 17.6 Å². The van der Waals surface area contributed by atoms with Crippen molar-refractivity contribution in [3.8, 4) is 0 Å². The number of anilines is 1. The number of rotatable bonds is 6. The molecule has 0 radical (unpaired) electrons. The number of pyridine rings is 1. The molecule has 0 spiro atoms. The second kappa shape index (κ2) is 9.13. The molecule has 1 aromatic heterocycles. The molecule has 6 nitrogen and oxygen atoms in total. The number of carbonyl (C=O) groups excluding carboxylic acids is 2. The van der Waals surface area contributed by atoms with Crippen LogP contribution in [0.4, 0.5) is 19.0 Å². The molecule has 0 saturated heterocycles. The minimum atomic E-state index is -4.58. The van der Waals surface area contributed by atoms with Gasteiger partial charge in [0, 0.05) is 13.3 Å². The highest BCUT2D eigenvalue weighted by Gasteiger charge is 2.31. The van der Waals surface area contributed by atoms with E-state index in [0.29, 0.717) is 12.5 Å². The zero-order chi connectivity index (χ0) is 19.9. The van der Waals surface area contributed by atoms with Crippen molar-refractivity contribution in [3.63, 3.8) is 0 Å². The second-order valence-corrected chi connectivity index (χ2v) is 5.70. The minimum absolute atomic E-state index is 0.162. The summed E-state index contributed by atoms with van der Waals surface area (Å²) in [6.45, 7) is 0.162. The third-order valence-electron chi connectivity index (χ3n) is 3.56. The fourth-order valence-electron chi connectivity index (χ4n) is 2.35. The van der Waals surface area contributed by atoms with Crippen LogP contribution < -0.4 is 10.6 Å². The Morgan fingerprint density at radius 2 is 1.85 bits per heavy atom. The molecule has 0 aliphatic heterocycles. The van der Waals surface area contributed by atoms with Gasteiger partial charge in [0.1, 0.15) is 5.82 Å². The summed E-state index contributed by atoms with van der Waals surface area (Å²) in [5.41, 5.74) is -0.0469. The lowest BCUT2D eigenvalue weighted by Crippen LogP contribution is -2.45. The molecule has 27 heavy (non-hydrogen) atoms. The summed E-state index contributed by atoms with van der Waals surface area (Å²) in [6.07, 6.45) is -3.25. The Kier molecular flexibility index (Phi) is 6.89. The summed E-state index contributed by atoms with van der Waals surface area (Å²) in [7, 11) is 1.46. The third-order valence-corrected chi connectivity index (χ3v) is 3.56. The van der Waals surface area contributed by atoms with Crippen LogP contribution in [-0.2, 0) is 26.9 Å². The molecule has 0 aliphatic rings. The highest BCUT2D eigenvalue weighted by molar-refractivity contribution is 6.39. The van der Waals surface area contributed by atoms with Crippen molar-refractivity contribution in [1.29, 1.82) is 0 Å². The van der Waals surface area contributed by atoms with Crippen molar-refractivity contribution in [2.75, 3.05) is 19.0 Å². The number of carbonyl (C=O) groups is 2. The summed E-state index contributed by atoms with van der Waals surface area (Å²) in [5.74, 6) is -2.47. The second-order valence-electron chi connectivity index (χ2n) is 5.70. The zero-order valence-electron chi connectivity index (χ0n) is 14.4. The van der Waals surface area contributed by atoms with Gasteiger partial charge >= 0.3 is 18.0 Å². The van der Waals surface area contributed by atoms with E-state index in [1.165, 1.54) is 7.11 Å². The van der Waals surface area contributed by atoms with E-state index in [-0.39, 0.29) is 12.4 Å². The van der Waals surface area contributed by atoms with Crippen LogP contribution in [0.25, 0.3) is 0 Å². The highest BCUT2D eigenvalue weighted by Crippen LogP contribution is 2.29. The maximum Gasteiger partial charge on any atom is 0.416 e. The van der Waals surface area contributed by atoms with Crippen LogP contribution in [0.1, 0.15) is 11.1 Å². The topological polar surface area (TPSA) is 80.3 Å². The maximum atomic E-state index is 12.7. The predicted octanol–water partition coefficient (Wildman–Crippen LogP) is 2.41. The van der Waals surface area contributed by atoms with Gasteiger partial charge in [0.2, 0.25) is 0 Å². The molecule has 9 heteroatoms. The number of nitrogens with one attached hydrogen (secondary N) is 2. The van der Waals surface area contributed by atoms with E-state index in [0.717, 1.165) is 17.8 Å². The number of hydrogen-bond acceptors (Lipinski definition) is 4. The lowest BCUT2D eigenvalue weighted by atomic mass is 10.1. The van der Waals surface area contributed by atoms with Crippen LogP contribution in [0.3, 0.4) is 0 Å². The monoisotopic (exact) mass is 381 g/mol. The summed E-state index contributed by atoms with van der Waals surface area (Å²) in [4.78, 5) is 27.7. The SMILES string of the molecule is COCC(Cc1ccccc1)NC(=O)C(=O)Nc1cc(C(F)(F)F)ccn1. The normalized spacial score (nSPS) is 12.3. The largest absolute Gasteiger partial charge is 0.416 e. The zero-order valence-corrected chi connectivity index (χ0v) is 14.4. The fraction of sp³-hybridized carbons (Fsp3) is 0.278. The molecule has 0 bridgehead atoms. The minimum Gasteiger partial charge on any atom is -0.383 e. The van der Waals surface area contributed by atoms with Crippen molar-refractivity contribution in [2.24, 2.45) is 0 Å². The first-order valence-electron chi connectivity index (χ1n) is 7.97. The molecule has 0 saturated carbocycles. The lowest BCUT2D eigenvalue weighted by molar-refractivity contribution is -0.137. The number of nitrogens with zero attached hydrogens (tertiary/aromatic N) is 1. The molecule has 144 valence electrons. The van der Waals surface area contributed by atoms with Gasteiger partial charge in [-0.15, -0.1) is 0 Å². The van der Waals surface area contributed by atoms with E-state index in [1.54, 1.807) is 0 Å². The van der Waals surface area contributed by atoms with E-state index in [4.69, 9.17) is 4.74 Å². The average molecular weight is 381 g/mol. The van der Waals surface area contributed by atoms with E-state index >= 15 is 0 Å². The van der Waals surface area contributed by atoms with Gasteiger partial charge in [-0.2, -0.15) is 13.2 Å². The smallest absolute Gasteiger partial charge is 0.383 e. The van der Waals surface area contributed by atoms with Gasteiger partial charge in [0.15, 0.2) is 0 Å². The highest BCUT2D eigenvalue weighted by atomic mass is 19.4. The first-order chi connectivity index (χ1) is 12.8. The molecule has 1 atom stereocenters. The third kappa shape index (κ3) is 6.37. The Morgan fingerprint density at radius 1 is 1.15 bits per heavy atom. The van der Waals surface area contributed by atoms with Crippen LogP contribution in [0.15, 0.2) is 48.7 Å². The first-order valence-corrected chi connectivity index (χ1v) is 7.97. The van der Waals surface area contributed by atoms with Crippen molar-refractivity contribution < 1.29 is 27.5 Å². The number of methoxy groups -OCH3 is 1. The number of hydrogen-bond donors (Lipinski definition) is 2. The standard InChI is InChI=1S/C18H18F3N3O3/c1-27-11-14(9-12-5-3-2-4-6-12)23-16(25)17(26)24-15-10-13(7-8-22-15)18(19,20)21/h2-8,10,14H,9,11H2,1H3,(H,23,25)(H,22,24,26). The number of halogens is 3. The van der Waals surface area contributed by atoms with Crippen LogP contribution >= 0.6 is 0 Å². The molecule has 2 amide bonds. The number of ether oxygens (including phenoxy) is 1. The van der Waals surface area contributed by atoms with Gasteiger partial charge in [-0.1, -0.05) is 30.3 Å². The van der Waals surface area contributed by atoms with Gasteiger partial charge in [0.25, 0.3) is 0 Å². The van der Waals surface area contributed by atoms with Gasteiger partial charge in [-0.25, -0.2) is 4.98 Å². The first kappa shape index (κ1) is 20.4. The number of aromatic nitrogens is 1. The predicted molar refractivity (Wildman–Crippen MR) is 91.8 cm³/mol. The maximum absolute atomic E-state index is 12.7. The summed E-state index contributed by atoms with van der Waals surface area (Å²) in [6, 6.07) is 10.2. The molecule has 2 aromatic rings.